The molecule has 0 amide bonds. The van der Waals surface area contributed by atoms with Crippen LogP contribution in [-0.2, 0) is 0 Å². The number of rotatable bonds is 7. The van der Waals surface area contributed by atoms with Gasteiger partial charge < -0.3 is 4.00 Å². The van der Waals surface area contributed by atoms with Crippen molar-refractivity contribution in [2.75, 3.05) is 0 Å². The lowest BCUT2D eigenvalue weighted by molar-refractivity contribution is 0.978. The maximum absolute atomic E-state index is 3.00. The van der Waals surface area contributed by atoms with Crippen molar-refractivity contribution in [3.05, 3.63) is 11.8 Å². The van der Waals surface area contributed by atoms with Crippen molar-refractivity contribution in [3.63, 3.8) is 0 Å². The highest BCUT2D eigenvalue weighted by Gasteiger charge is 2.38. The van der Waals surface area contributed by atoms with Crippen molar-refractivity contribution >= 4 is 41.4 Å². The highest BCUT2D eigenvalue weighted by atomic mass is 31.1. The van der Waals surface area contributed by atoms with Gasteiger partial charge in [0.05, 0.1) is 16.1 Å². The van der Waals surface area contributed by atoms with Crippen LogP contribution in [-0.4, -0.2) is 41.9 Å². The first kappa shape index (κ1) is 22.0. The van der Waals surface area contributed by atoms with Gasteiger partial charge in [0.2, 0.25) is 0 Å². The van der Waals surface area contributed by atoms with E-state index in [9.17, 15) is 0 Å². The third-order valence-corrected chi connectivity index (χ3v) is 21.8. The van der Waals surface area contributed by atoms with E-state index >= 15 is 0 Å². The van der Waals surface area contributed by atoms with Gasteiger partial charge in [-0.2, -0.15) is 0 Å². The molecule has 0 aliphatic carbocycles. The van der Waals surface area contributed by atoms with Gasteiger partial charge in [-0.25, -0.2) is 0 Å². The normalized spacial score (nSPS) is 17.4. The Morgan fingerprint density at radius 3 is 1.33 bits per heavy atom. The molecule has 0 heterocycles. The van der Waals surface area contributed by atoms with Crippen LogP contribution >= 0.6 is 8.73 Å². The Morgan fingerprint density at radius 1 is 0.714 bits per heavy atom. The SMILES string of the molecule is C[Si](C)(C)C=CC(PN([Si](C)(C)C)[Si](C)(C)C)[Si](C)(C)C. The summed E-state index contributed by atoms with van der Waals surface area (Å²) >= 11 is 0. The fourth-order valence-corrected chi connectivity index (χ4v) is 19.4. The quantitative estimate of drug-likeness (QED) is 0.375. The fourth-order valence-electron chi connectivity index (χ4n) is 2.44. The summed E-state index contributed by atoms with van der Waals surface area (Å²) < 4.78 is 3.00. The number of allylic oxidation sites excluding steroid dienone is 1. The van der Waals surface area contributed by atoms with E-state index in [2.05, 4.69) is 94.3 Å². The predicted molar refractivity (Wildman–Crippen MR) is 116 cm³/mol. The zero-order valence-electron chi connectivity index (χ0n) is 16.7. The van der Waals surface area contributed by atoms with Gasteiger partial charge in [-0.05, 0) is 0 Å². The molecule has 0 radical (unpaired) electrons. The minimum absolute atomic E-state index is 0.822. The first-order chi connectivity index (χ1) is 8.94. The molecule has 21 heavy (non-hydrogen) atoms. The minimum Gasteiger partial charge on any atom is -0.326 e. The number of hydrogen-bond donors (Lipinski definition) is 0. The van der Waals surface area contributed by atoms with Crippen molar-refractivity contribution in [3.8, 4) is 0 Å². The predicted octanol–water partition coefficient (Wildman–Crippen LogP) is 6.23. The Bertz CT molecular complexity index is 342. The summed E-state index contributed by atoms with van der Waals surface area (Å²) in [6.07, 6.45) is 2.63. The van der Waals surface area contributed by atoms with Gasteiger partial charge in [0.25, 0.3) is 0 Å². The average Bonchev–Trinajstić information content (AvgIpc) is 2.08. The summed E-state index contributed by atoms with van der Waals surface area (Å²) in [5.74, 6) is 0. The highest BCUT2D eigenvalue weighted by molar-refractivity contribution is 7.47. The molecule has 0 bridgehead atoms. The van der Waals surface area contributed by atoms with Crippen molar-refractivity contribution < 1.29 is 0 Å². The molecule has 0 saturated heterocycles. The molecule has 2 atom stereocenters. The molecule has 1 nitrogen and oxygen atoms in total. The van der Waals surface area contributed by atoms with Crippen LogP contribution in [0.4, 0.5) is 0 Å². The standard InChI is InChI=1S/C15H40NPSi4/c1-18(2,3)14-13-15(19(4,5)6)17-16(20(7,8)9)21(10,11)12/h13-15,17H,1-12H3. The molecule has 2 unspecified atom stereocenters. The lowest BCUT2D eigenvalue weighted by Crippen LogP contribution is -2.56. The number of hydrogen-bond acceptors (Lipinski definition) is 1. The minimum atomic E-state index is -1.23. The van der Waals surface area contributed by atoms with Gasteiger partial charge in [0, 0.05) is 5.28 Å². The van der Waals surface area contributed by atoms with E-state index in [1.165, 1.54) is 0 Å². The first-order valence-corrected chi connectivity index (χ1v) is 23.3. The molecule has 0 aromatic carbocycles. The third kappa shape index (κ3) is 9.01. The Balaban J connectivity index is 5.43. The maximum Gasteiger partial charge on any atom is 0.115 e. The lowest BCUT2D eigenvalue weighted by Gasteiger charge is -2.46. The van der Waals surface area contributed by atoms with E-state index in [0.29, 0.717) is 0 Å². The second-order valence-corrected chi connectivity index (χ2v) is 33.6. The number of nitrogens with zero attached hydrogens (tertiary/aromatic N) is 1. The summed E-state index contributed by atoms with van der Waals surface area (Å²) in [6, 6.07) is 0. The molecule has 0 aromatic rings. The van der Waals surface area contributed by atoms with E-state index in [-0.39, 0.29) is 0 Å². The third-order valence-electron chi connectivity index (χ3n) is 3.33. The van der Waals surface area contributed by atoms with Gasteiger partial charge in [-0.3, -0.25) is 0 Å². The van der Waals surface area contributed by atoms with Crippen molar-refractivity contribution in [1.82, 2.24) is 4.00 Å². The van der Waals surface area contributed by atoms with Crippen LogP contribution in [0.1, 0.15) is 0 Å². The topological polar surface area (TPSA) is 3.24 Å². The molecule has 0 aliphatic rings. The van der Waals surface area contributed by atoms with Crippen LogP contribution in [0.15, 0.2) is 11.8 Å². The Hall–Kier alpha value is 0.998. The fraction of sp³-hybridized carbons (Fsp3) is 0.867. The van der Waals surface area contributed by atoms with Gasteiger partial charge in [-0.1, -0.05) is 99.1 Å². The van der Waals surface area contributed by atoms with E-state index in [0.717, 1.165) is 14.0 Å². The molecule has 0 saturated carbocycles. The van der Waals surface area contributed by atoms with E-state index in [1.54, 1.807) is 0 Å². The van der Waals surface area contributed by atoms with E-state index in [1.807, 2.05) is 0 Å². The summed E-state index contributed by atoms with van der Waals surface area (Å²) in [5, 5.41) is 0.822. The first-order valence-electron chi connectivity index (χ1n) is 8.20. The van der Waals surface area contributed by atoms with Crippen molar-refractivity contribution in [2.24, 2.45) is 0 Å². The molecule has 6 heteroatoms. The van der Waals surface area contributed by atoms with Crippen LogP contribution in [0.2, 0.25) is 78.6 Å². The van der Waals surface area contributed by atoms with Gasteiger partial charge in [0.15, 0.2) is 0 Å². The Labute approximate surface area is 141 Å². The summed E-state index contributed by atoms with van der Waals surface area (Å²) in [6.45, 7) is 30.2. The molecule has 0 aromatic heterocycles. The largest absolute Gasteiger partial charge is 0.326 e. The molecular formula is C15H40NPSi4. The van der Waals surface area contributed by atoms with E-state index in [4.69, 9.17) is 0 Å². The molecule has 0 fully saturated rings. The molecule has 126 valence electrons. The second-order valence-electron chi connectivity index (χ2n) is 10.4. The maximum atomic E-state index is 3.00. The second kappa shape index (κ2) is 7.26. The van der Waals surface area contributed by atoms with E-state index < -0.39 is 32.6 Å². The van der Waals surface area contributed by atoms with Crippen LogP contribution in [0.5, 0.6) is 0 Å². The van der Waals surface area contributed by atoms with Crippen LogP contribution in [0, 0.1) is 0 Å². The summed E-state index contributed by atoms with van der Waals surface area (Å²) in [7, 11) is -3.70. The molecule has 0 N–H and O–H groups in total. The summed E-state index contributed by atoms with van der Waals surface area (Å²) in [4.78, 5) is 0. The lowest BCUT2D eigenvalue weighted by atomic mass is 10.7. The van der Waals surface area contributed by atoms with Crippen molar-refractivity contribution in [1.29, 1.82) is 0 Å². The highest BCUT2D eigenvalue weighted by Crippen LogP contribution is 2.40. The van der Waals surface area contributed by atoms with Crippen LogP contribution < -0.4 is 0 Å². The van der Waals surface area contributed by atoms with Crippen LogP contribution in [0.3, 0.4) is 0 Å². The monoisotopic (exact) mass is 377 g/mol. The zero-order valence-corrected chi connectivity index (χ0v) is 21.7. The smallest absolute Gasteiger partial charge is 0.115 e. The van der Waals surface area contributed by atoms with Gasteiger partial charge in [0.1, 0.15) is 16.5 Å². The van der Waals surface area contributed by atoms with Crippen molar-refractivity contribution in [2.45, 2.75) is 83.8 Å². The van der Waals surface area contributed by atoms with Crippen LogP contribution in [0.25, 0.3) is 0 Å². The molecule has 0 spiro atoms. The zero-order chi connectivity index (χ0) is 17.3. The van der Waals surface area contributed by atoms with Gasteiger partial charge >= 0.3 is 0 Å². The Kier molecular flexibility index (Phi) is 7.61. The molecule has 0 rings (SSSR count). The van der Waals surface area contributed by atoms with Gasteiger partial charge in [-0.15, -0.1) is 0 Å². The summed E-state index contributed by atoms with van der Waals surface area (Å²) in [5.41, 5.74) is 2.59. The molecule has 0 aliphatic heterocycles. The molecular weight excluding hydrogens is 337 g/mol. The average molecular weight is 378 g/mol. The Morgan fingerprint density at radius 2 is 1.10 bits per heavy atom.